The lowest BCUT2D eigenvalue weighted by atomic mass is 10.1. The van der Waals surface area contributed by atoms with Gasteiger partial charge in [0, 0.05) is 23.5 Å². The largest absolute Gasteiger partial charge is 0.310 e. The number of rotatable bonds is 6. The Bertz CT molecular complexity index is 578. The molecule has 0 spiro atoms. The normalized spacial score (nSPS) is 23.1. The van der Waals surface area contributed by atoms with E-state index in [4.69, 9.17) is 0 Å². The molecule has 2 rings (SSSR count). The van der Waals surface area contributed by atoms with Crippen molar-refractivity contribution in [1.29, 1.82) is 0 Å². The van der Waals surface area contributed by atoms with Crippen LogP contribution in [0.2, 0.25) is 0 Å². The fourth-order valence-electron chi connectivity index (χ4n) is 2.86. The Morgan fingerprint density at radius 1 is 1.38 bits per heavy atom. The molecule has 1 aliphatic carbocycles. The highest BCUT2D eigenvalue weighted by molar-refractivity contribution is 7.89. The summed E-state index contributed by atoms with van der Waals surface area (Å²) in [6, 6.07) is 0.432. The van der Waals surface area contributed by atoms with Gasteiger partial charge in [0.05, 0.1) is 0 Å². The molecule has 1 aliphatic rings. The third-order valence-corrected chi connectivity index (χ3v) is 6.93. The maximum Gasteiger partial charge on any atom is 0.242 e. The molecule has 1 heterocycles. The zero-order valence-corrected chi connectivity index (χ0v) is 14.9. The second kappa shape index (κ2) is 6.77. The van der Waals surface area contributed by atoms with E-state index in [1.54, 1.807) is 0 Å². The highest BCUT2D eigenvalue weighted by Gasteiger charge is 2.29. The zero-order valence-electron chi connectivity index (χ0n) is 13.3. The van der Waals surface area contributed by atoms with E-state index in [0.29, 0.717) is 23.4 Å². The van der Waals surface area contributed by atoms with Gasteiger partial charge >= 0.3 is 0 Å². The molecule has 0 aromatic carbocycles. The van der Waals surface area contributed by atoms with Crippen molar-refractivity contribution in [2.24, 2.45) is 5.92 Å². The van der Waals surface area contributed by atoms with Crippen molar-refractivity contribution in [1.82, 2.24) is 10.0 Å². The van der Waals surface area contributed by atoms with Gasteiger partial charge in [-0.3, -0.25) is 0 Å². The molecule has 1 aromatic rings. The van der Waals surface area contributed by atoms with E-state index >= 15 is 0 Å². The van der Waals surface area contributed by atoms with Crippen LogP contribution >= 0.6 is 11.3 Å². The van der Waals surface area contributed by atoms with Gasteiger partial charge in [0.2, 0.25) is 10.0 Å². The van der Waals surface area contributed by atoms with Gasteiger partial charge < -0.3 is 5.32 Å². The minimum Gasteiger partial charge on any atom is -0.310 e. The van der Waals surface area contributed by atoms with Crippen LogP contribution in [-0.2, 0) is 16.6 Å². The molecule has 0 bridgehead atoms. The number of thiophene rings is 1. The smallest absolute Gasteiger partial charge is 0.242 e. The van der Waals surface area contributed by atoms with Gasteiger partial charge in [0.25, 0.3) is 0 Å². The van der Waals surface area contributed by atoms with Gasteiger partial charge in [-0.1, -0.05) is 20.8 Å². The molecule has 0 amide bonds. The first kappa shape index (κ1) is 16.9. The van der Waals surface area contributed by atoms with Crippen LogP contribution in [0.25, 0.3) is 0 Å². The predicted octanol–water partition coefficient (Wildman–Crippen LogP) is 3.02. The molecule has 1 saturated carbocycles. The Balaban J connectivity index is 2.17. The molecular weight excluding hydrogens is 304 g/mol. The summed E-state index contributed by atoms with van der Waals surface area (Å²) in [5, 5.41) is 5.24. The summed E-state index contributed by atoms with van der Waals surface area (Å²) in [6.45, 7) is 8.79. The maximum absolute atomic E-state index is 12.7. The first-order chi connectivity index (χ1) is 9.79. The second-order valence-electron chi connectivity index (χ2n) is 6.44. The topological polar surface area (TPSA) is 58.2 Å². The Labute approximate surface area is 132 Å². The highest BCUT2D eigenvalue weighted by atomic mass is 32.2. The Morgan fingerprint density at radius 2 is 2.10 bits per heavy atom. The summed E-state index contributed by atoms with van der Waals surface area (Å²) in [7, 11) is -3.41. The fourth-order valence-corrected chi connectivity index (χ4v) is 5.90. The quantitative estimate of drug-likeness (QED) is 0.843. The predicted molar refractivity (Wildman–Crippen MR) is 88.2 cm³/mol. The minimum atomic E-state index is -3.41. The molecule has 0 saturated heterocycles. The van der Waals surface area contributed by atoms with E-state index in [2.05, 4.69) is 30.8 Å². The molecule has 2 N–H and O–H groups in total. The monoisotopic (exact) mass is 330 g/mol. The third-order valence-electron chi connectivity index (χ3n) is 3.95. The highest BCUT2D eigenvalue weighted by Crippen LogP contribution is 2.30. The third kappa shape index (κ3) is 4.28. The van der Waals surface area contributed by atoms with E-state index < -0.39 is 10.0 Å². The van der Waals surface area contributed by atoms with E-state index in [1.165, 1.54) is 11.3 Å². The Morgan fingerprint density at radius 3 is 2.67 bits per heavy atom. The van der Waals surface area contributed by atoms with Crippen molar-refractivity contribution >= 4 is 21.4 Å². The number of hydrogen-bond acceptors (Lipinski definition) is 4. The lowest BCUT2D eigenvalue weighted by Crippen LogP contribution is -2.34. The summed E-state index contributed by atoms with van der Waals surface area (Å²) < 4.78 is 28.3. The lowest BCUT2D eigenvalue weighted by Gasteiger charge is -2.15. The zero-order chi connectivity index (χ0) is 15.6. The molecule has 0 aliphatic heterocycles. The fraction of sp³-hybridized carbons (Fsp3) is 0.733. The van der Waals surface area contributed by atoms with Crippen molar-refractivity contribution in [2.75, 3.05) is 0 Å². The van der Waals surface area contributed by atoms with Crippen molar-refractivity contribution in [2.45, 2.75) is 70.5 Å². The molecular formula is C15H26N2O2S2. The van der Waals surface area contributed by atoms with Crippen molar-refractivity contribution < 1.29 is 8.42 Å². The summed E-state index contributed by atoms with van der Waals surface area (Å²) in [5.74, 6) is 0.614. The van der Waals surface area contributed by atoms with E-state index in [0.717, 1.165) is 29.7 Å². The first-order valence-corrected chi connectivity index (χ1v) is 9.98. The summed E-state index contributed by atoms with van der Waals surface area (Å²) in [5.41, 5.74) is 0.846. The summed E-state index contributed by atoms with van der Waals surface area (Å²) in [4.78, 5) is 1.39. The van der Waals surface area contributed by atoms with Crippen LogP contribution in [0.15, 0.2) is 10.3 Å². The average Bonchev–Trinajstić information content (AvgIpc) is 2.93. The van der Waals surface area contributed by atoms with Crippen LogP contribution in [0.4, 0.5) is 0 Å². The second-order valence-corrected chi connectivity index (χ2v) is 9.06. The molecule has 2 unspecified atom stereocenters. The van der Waals surface area contributed by atoms with E-state index in [9.17, 15) is 8.42 Å². The Kier molecular flexibility index (Phi) is 5.46. The molecule has 21 heavy (non-hydrogen) atoms. The summed E-state index contributed by atoms with van der Waals surface area (Å²) >= 11 is 1.52. The number of aryl methyl sites for hydroxylation is 1. The Hall–Kier alpha value is -0.430. The van der Waals surface area contributed by atoms with Gasteiger partial charge in [0.15, 0.2) is 0 Å². The van der Waals surface area contributed by atoms with Crippen LogP contribution < -0.4 is 10.0 Å². The number of sulfonamides is 1. The molecule has 0 radical (unpaired) electrons. The lowest BCUT2D eigenvalue weighted by molar-refractivity contribution is 0.535. The first-order valence-electron chi connectivity index (χ1n) is 7.62. The number of nitrogens with one attached hydrogen (secondary N) is 2. The van der Waals surface area contributed by atoms with Crippen LogP contribution in [0, 0.1) is 12.8 Å². The SMILES string of the molecule is Cc1csc(CNC(C)C)c1S(=O)(=O)NC1CCC(C)C1. The van der Waals surface area contributed by atoms with E-state index in [-0.39, 0.29) is 6.04 Å². The van der Waals surface area contributed by atoms with Crippen molar-refractivity contribution in [3.63, 3.8) is 0 Å². The standard InChI is InChI=1S/C15H26N2O2S2/c1-10(2)16-8-14-15(12(4)9-20-14)21(18,19)17-13-6-5-11(3)7-13/h9-11,13,16-17H,5-8H2,1-4H3. The molecule has 2 atom stereocenters. The molecule has 6 heteroatoms. The molecule has 120 valence electrons. The van der Waals surface area contributed by atoms with Crippen LogP contribution in [-0.4, -0.2) is 20.5 Å². The molecule has 1 aromatic heterocycles. The van der Waals surface area contributed by atoms with E-state index in [1.807, 2.05) is 12.3 Å². The summed E-state index contributed by atoms with van der Waals surface area (Å²) in [6.07, 6.45) is 3.00. The number of hydrogen-bond donors (Lipinski definition) is 2. The van der Waals surface area contributed by atoms with Crippen molar-refractivity contribution in [3.8, 4) is 0 Å². The maximum atomic E-state index is 12.7. The molecule has 1 fully saturated rings. The van der Waals surface area contributed by atoms with Crippen LogP contribution in [0.5, 0.6) is 0 Å². The average molecular weight is 331 g/mol. The van der Waals surface area contributed by atoms with Gasteiger partial charge in [-0.25, -0.2) is 13.1 Å². The van der Waals surface area contributed by atoms with Crippen LogP contribution in [0.1, 0.15) is 50.5 Å². The van der Waals surface area contributed by atoms with Gasteiger partial charge in [-0.2, -0.15) is 0 Å². The van der Waals surface area contributed by atoms with Crippen LogP contribution in [0.3, 0.4) is 0 Å². The van der Waals surface area contributed by atoms with Gasteiger partial charge in [-0.15, -0.1) is 11.3 Å². The van der Waals surface area contributed by atoms with Crippen molar-refractivity contribution in [3.05, 3.63) is 15.8 Å². The van der Waals surface area contributed by atoms with Gasteiger partial charge in [0.1, 0.15) is 4.90 Å². The molecule has 4 nitrogen and oxygen atoms in total. The minimum absolute atomic E-state index is 0.0928. The van der Waals surface area contributed by atoms with Gasteiger partial charge in [-0.05, 0) is 43.0 Å².